The first-order chi connectivity index (χ1) is 19.3. The third-order valence-electron chi connectivity index (χ3n) is 6.62. The van der Waals surface area contributed by atoms with Crippen LogP contribution in [-0.4, -0.2) is 41.6 Å². The highest BCUT2D eigenvalue weighted by molar-refractivity contribution is 7.99. The highest BCUT2D eigenvalue weighted by Crippen LogP contribution is 2.38. The number of rotatable bonds is 12. The van der Waals surface area contributed by atoms with Crippen molar-refractivity contribution in [2.45, 2.75) is 54.6 Å². The highest BCUT2D eigenvalue weighted by Gasteiger charge is 2.48. The van der Waals surface area contributed by atoms with Crippen molar-refractivity contribution in [3.63, 3.8) is 0 Å². The van der Waals surface area contributed by atoms with Gasteiger partial charge in [-0.3, -0.25) is 0 Å². The Labute approximate surface area is 234 Å². The first-order valence-electron chi connectivity index (χ1n) is 13.2. The zero-order valence-electron chi connectivity index (χ0n) is 21.8. The Morgan fingerprint density at radius 3 is 1.41 bits per heavy atom. The summed E-state index contributed by atoms with van der Waals surface area (Å²) >= 11 is 1.57. The monoisotopic (exact) mass is 542 g/mol. The minimum absolute atomic E-state index is 0.193. The van der Waals surface area contributed by atoms with Gasteiger partial charge in [-0.25, -0.2) is 0 Å². The van der Waals surface area contributed by atoms with Crippen LogP contribution < -0.4 is 0 Å². The second-order valence-electron chi connectivity index (χ2n) is 9.44. The van der Waals surface area contributed by atoms with Crippen molar-refractivity contribution in [1.29, 1.82) is 0 Å². The molecule has 4 aromatic rings. The highest BCUT2D eigenvalue weighted by atomic mass is 32.2. The third-order valence-corrected chi connectivity index (χ3v) is 7.78. The van der Waals surface area contributed by atoms with Crippen LogP contribution in [-0.2, 0) is 38.8 Å². The SMILES string of the molecule is OCC1O[C@@H](Sc2ccccc2)C(OCc2ccccc2)[C@H](OCc2ccccc2)[C@H]1OCc1ccccc1. The maximum Gasteiger partial charge on any atom is 0.137 e. The van der Waals surface area contributed by atoms with Crippen LogP contribution in [0.15, 0.2) is 126 Å². The van der Waals surface area contributed by atoms with Gasteiger partial charge in [-0.05, 0) is 28.8 Å². The molecule has 0 aliphatic carbocycles. The molecule has 0 spiro atoms. The third kappa shape index (κ3) is 7.79. The van der Waals surface area contributed by atoms with E-state index in [9.17, 15) is 5.11 Å². The van der Waals surface area contributed by atoms with Crippen molar-refractivity contribution in [3.05, 3.63) is 138 Å². The molecule has 5 nitrogen and oxygen atoms in total. The van der Waals surface area contributed by atoms with Gasteiger partial charge in [-0.1, -0.05) is 121 Å². The summed E-state index contributed by atoms with van der Waals surface area (Å²) in [5.41, 5.74) is 2.75. The average Bonchev–Trinajstić information content (AvgIpc) is 3.00. The van der Waals surface area contributed by atoms with E-state index in [-0.39, 0.29) is 6.61 Å². The van der Waals surface area contributed by atoms with E-state index < -0.39 is 29.9 Å². The Balaban J connectivity index is 1.44. The molecule has 202 valence electrons. The van der Waals surface area contributed by atoms with Crippen LogP contribution in [0.3, 0.4) is 0 Å². The number of aliphatic hydroxyl groups is 1. The van der Waals surface area contributed by atoms with E-state index in [0.717, 1.165) is 21.6 Å². The number of ether oxygens (including phenoxy) is 4. The van der Waals surface area contributed by atoms with E-state index in [0.29, 0.717) is 19.8 Å². The molecule has 1 N–H and O–H groups in total. The van der Waals surface area contributed by atoms with Crippen LogP contribution in [0.1, 0.15) is 16.7 Å². The van der Waals surface area contributed by atoms with Gasteiger partial charge >= 0.3 is 0 Å². The van der Waals surface area contributed by atoms with Gasteiger partial charge in [0.25, 0.3) is 0 Å². The molecule has 0 amide bonds. The zero-order chi connectivity index (χ0) is 26.7. The minimum atomic E-state index is -0.577. The summed E-state index contributed by atoms with van der Waals surface area (Å²) in [6.07, 6.45) is -2.05. The predicted octanol–water partition coefficient (Wildman–Crippen LogP) is 6.25. The molecule has 4 aromatic carbocycles. The minimum Gasteiger partial charge on any atom is -0.394 e. The average molecular weight is 543 g/mol. The molecule has 0 aromatic heterocycles. The molecule has 1 saturated heterocycles. The van der Waals surface area contributed by atoms with Gasteiger partial charge in [0.2, 0.25) is 0 Å². The number of aliphatic hydroxyl groups excluding tert-OH is 1. The lowest BCUT2D eigenvalue weighted by atomic mass is 9.99. The number of hydrogen-bond acceptors (Lipinski definition) is 6. The van der Waals surface area contributed by atoms with Gasteiger partial charge in [0.05, 0.1) is 26.4 Å². The van der Waals surface area contributed by atoms with Crippen LogP contribution in [0.2, 0.25) is 0 Å². The molecule has 6 heteroatoms. The fourth-order valence-corrected chi connectivity index (χ4v) is 5.77. The zero-order valence-corrected chi connectivity index (χ0v) is 22.6. The topological polar surface area (TPSA) is 57.2 Å². The molecule has 5 atom stereocenters. The molecule has 0 bridgehead atoms. The fourth-order valence-electron chi connectivity index (χ4n) is 4.62. The second kappa shape index (κ2) is 14.4. The Kier molecular flexibility index (Phi) is 10.2. The quantitative estimate of drug-likeness (QED) is 0.228. The molecule has 0 saturated carbocycles. The van der Waals surface area contributed by atoms with Crippen molar-refractivity contribution in [1.82, 2.24) is 0 Å². The Morgan fingerprint density at radius 2 is 0.949 bits per heavy atom. The van der Waals surface area contributed by atoms with Gasteiger partial charge in [0, 0.05) is 4.90 Å². The van der Waals surface area contributed by atoms with Gasteiger partial charge in [0.15, 0.2) is 0 Å². The van der Waals surface area contributed by atoms with E-state index in [1.54, 1.807) is 11.8 Å². The van der Waals surface area contributed by atoms with E-state index >= 15 is 0 Å². The van der Waals surface area contributed by atoms with Crippen LogP contribution in [0.25, 0.3) is 0 Å². The number of hydrogen-bond donors (Lipinski definition) is 1. The lowest BCUT2D eigenvalue weighted by Gasteiger charge is -2.45. The van der Waals surface area contributed by atoms with Crippen molar-refractivity contribution >= 4 is 11.8 Å². The number of benzene rings is 4. The van der Waals surface area contributed by atoms with Crippen LogP contribution in [0.5, 0.6) is 0 Å². The molecular weight excluding hydrogens is 508 g/mol. The molecule has 0 radical (unpaired) electrons. The Bertz CT molecular complexity index is 1230. The Hall–Kier alpha value is -2.97. The van der Waals surface area contributed by atoms with Crippen molar-refractivity contribution in [3.8, 4) is 0 Å². The van der Waals surface area contributed by atoms with Gasteiger partial charge in [-0.2, -0.15) is 0 Å². The molecular formula is C33H34O5S. The van der Waals surface area contributed by atoms with Crippen molar-refractivity contribution in [2.75, 3.05) is 6.61 Å². The fraction of sp³-hybridized carbons (Fsp3) is 0.273. The number of thioether (sulfide) groups is 1. The van der Waals surface area contributed by atoms with Crippen molar-refractivity contribution < 1.29 is 24.1 Å². The molecule has 39 heavy (non-hydrogen) atoms. The molecule has 1 heterocycles. The summed E-state index contributed by atoms with van der Waals surface area (Å²) in [5.74, 6) is 0. The lowest BCUT2D eigenvalue weighted by molar-refractivity contribution is -0.251. The maximum atomic E-state index is 10.4. The van der Waals surface area contributed by atoms with Gasteiger partial charge < -0.3 is 24.1 Å². The first kappa shape index (κ1) is 27.6. The summed E-state index contributed by atoms with van der Waals surface area (Å²) in [4.78, 5) is 1.05. The summed E-state index contributed by atoms with van der Waals surface area (Å²) in [6, 6.07) is 40.3. The largest absolute Gasteiger partial charge is 0.394 e. The molecule has 1 aliphatic rings. The van der Waals surface area contributed by atoms with Crippen LogP contribution in [0.4, 0.5) is 0 Å². The molecule has 1 fully saturated rings. The van der Waals surface area contributed by atoms with Crippen molar-refractivity contribution in [2.24, 2.45) is 0 Å². The standard InChI is InChI=1S/C33H34O5S/c34-21-29-30(35-22-25-13-5-1-6-14-25)31(36-23-26-15-7-2-8-16-26)32(37-24-27-17-9-3-10-18-27)33(38-29)39-28-19-11-4-12-20-28/h1-20,29-34H,21-24H2/t29?,30-,31+,32?,33-/m0/s1. The molecule has 1 aliphatic heterocycles. The normalized spacial score (nSPS) is 22.9. The lowest BCUT2D eigenvalue weighted by Crippen LogP contribution is -2.60. The van der Waals surface area contributed by atoms with E-state index in [4.69, 9.17) is 18.9 Å². The molecule has 2 unspecified atom stereocenters. The van der Waals surface area contributed by atoms with Gasteiger partial charge in [0.1, 0.15) is 29.9 Å². The second-order valence-corrected chi connectivity index (χ2v) is 10.6. The smallest absolute Gasteiger partial charge is 0.137 e. The summed E-state index contributed by atoms with van der Waals surface area (Å²) < 4.78 is 26.2. The summed E-state index contributed by atoms with van der Waals surface area (Å²) in [5, 5.41) is 10.4. The summed E-state index contributed by atoms with van der Waals surface area (Å²) in [6.45, 7) is 0.976. The van der Waals surface area contributed by atoms with Crippen LogP contribution >= 0.6 is 11.8 Å². The molecule has 5 rings (SSSR count). The van der Waals surface area contributed by atoms with Gasteiger partial charge in [-0.15, -0.1) is 0 Å². The Morgan fingerprint density at radius 1 is 0.538 bits per heavy atom. The van der Waals surface area contributed by atoms with E-state index in [1.165, 1.54) is 0 Å². The first-order valence-corrected chi connectivity index (χ1v) is 14.1. The van der Waals surface area contributed by atoms with E-state index in [1.807, 2.05) is 121 Å². The van der Waals surface area contributed by atoms with E-state index in [2.05, 4.69) is 0 Å². The van der Waals surface area contributed by atoms with Crippen LogP contribution in [0, 0.1) is 0 Å². The maximum absolute atomic E-state index is 10.4. The predicted molar refractivity (Wildman–Crippen MR) is 153 cm³/mol. The summed E-state index contributed by atoms with van der Waals surface area (Å²) in [7, 11) is 0.